The fourth-order valence-corrected chi connectivity index (χ4v) is 1.71. The van der Waals surface area contributed by atoms with Gasteiger partial charge in [0.2, 0.25) is 0 Å². The van der Waals surface area contributed by atoms with Gasteiger partial charge in [-0.05, 0) is 18.6 Å². The van der Waals surface area contributed by atoms with Gasteiger partial charge in [-0.3, -0.25) is 4.99 Å². The summed E-state index contributed by atoms with van der Waals surface area (Å²) in [6.07, 6.45) is -4.40. The molecule has 23 heavy (non-hydrogen) atoms. The minimum atomic E-state index is -4.17. The monoisotopic (exact) mass is 445 g/mol. The highest BCUT2D eigenvalue weighted by atomic mass is 127. The summed E-state index contributed by atoms with van der Waals surface area (Å²) in [6.45, 7) is 2.23. The predicted octanol–water partition coefficient (Wildman–Crippen LogP) is 3.58. The Morgan fingerprint density at radius 3 is 2.39 bits per heavy atom. The Balaban J connectivity index is 0.00000484. The summed E-state index contributed by atoms with van der Waals surface area (Å²) in [4.78, 5) is 3.89. The van der Waals surface area contributed by atoms with Crippen molar-refractivity contribution in [3.63, 3.8) is 0 Å². The van der Waals surface area contributed by atoms with E-state index in [-0.39, 0.29) is 36.6 Å². The highest BCUT2D eigenvalue weighted by Crippen LogP contribution is 2.18. The average molecular weight is 445 g/mol. The molecule has 0 amide bonds. The van der Waals surface area contributed by atoms with Crippen LogP contribution in [0.5, 0.6) is 5.75 Å². The minimum Gasteiger partial charge on any atom is -0.489 e. The highest BCUT2D eigenvalue weighted by Gasteiger charge is 2.26. The molecule has 0 spiro atoms. The Bertz CT molecular complexity index is 455. The number of rotatable bonds is 7. The van der Waals surface area contributed by atoms with Crippen molar-refractivity contribution in [1.82, 2.24) is 10.6 Å². The molecule has 0 radical (unpaired) electrons. The third-order valence-corrected chi connectivity index (χ3v) is 2.92. The quantitative estimate of drug-likeness (QED) is 0.383. The Morgan fingerprint density at radius 1 is 1.22 bits per heavy atom. The molecule has 2 N–H and O–H groups in total. The zero-order valence-corrected chi connectivity index (χ0v) is 15.5. The highest BCUT2D eigenvalue weighted by molar-refractivity contribution is 14.0. The van der Waals surface area contributed by atoms with Crippen LogP contribution in [0.2, 0.25) is 0 Å². The molecule has 0 aliphatic carbocycles. The maximum absolute atomic E-state index is 12.1. The number of para-hydroxylation sites is 1. The number of alkyl halides is 3. The minimum absolute atomic E-state index is 0. The van der Waals surface area contributed by atoms with Gasteiger partial charge in [0.05, 0.1) is 13.0 Å². The van der Waals surface area contributed by atoms with Gasteiger partial charge < -0.3 is 15.4 Å². The first-order chi connectivity index (χ1) is 10.4. The first-order valence-electron chi connectivity index (χ1n) is 7.17. The molecule has 1 atom stereocenters. The summed E-state index contributed by atoms with van der Waals surface area (Å²) in [5.41, 5.74) is 0. The van der Waals surface area contributed by atoms with Gasteiger partial charge in [-0.25, -0.2) is 0 Å². The second-order valence-electron chi connectivity index (χ2n) is 4.71. The third kappa shape index (κ3) is 10.2. The van der Waals surface area contributed by atoms with Crippen molar-refractivity contribution < 1.29 is 17.9 Å². The zero-order valence-electron chi connectivity index (χ0n) is 13.2. The SMILES string of the molecule is CCC(CNC(=NC)NCCC(F)(F)F)Oc1ccccc1.I. The molecule has 1 aromatic rings. The van der Waals surface area contributed by atoms with E-state index in [4.69, 9.17) is 4.74 Å². The maximum atomic E-state index is 12.1. The van der Waals surface area contributed by atoms with Crippen molar-refractivity contribution in [2.45, 2.75) is 32.0 Å². The zero-order chi connectivity index (χ0) is 16.4. The summed E-state index contributed by atoms with van der Waals surface area (Å²) >= 11 is 0. The molecule has 0 aromatic heterocycles. The van der Waals surface area contributed by atoms with Crippen molar-refractivity contribution in [2.75, 3.05) is 20.1 Å². The number of guanidine groups is 1. The van der Waals surface area contributed by atoms with Gasteiger partial charge in [-0.2, -0.15) is 13.2 Å². The molecule has 0 aliphatic heterocycles. The molecule has 0 fully saturated rings. The lowest BCUT2D eigenvalue weighted by Gasteiger charge is -2.20. The van der Waals surface area contributed by atoms with Gasteiger partial charge in [0.1, 0.15) is 11.9 Å². The molecule has 0 saturated heterocycles. The smallest absolute Gasteiger partial charge is 0.390 e. The Hall–Kier alpha value is -1.19. The molecule has 8 heteroatoms. The van der Waals surface area contributed by atoms with Crippen LogP contribution in [0.15, 0.2) is 35.3 Å². The third-order valence-electron chi connectivity index (χ3n) is 2.92. The number of ether oxygens (including phenoxy) is 1. The average Bonchev–Trinajstić information content (AvgIpc) is 2.49. The van der Waals surface area contributed by atoms with Crippen molar-refractivity contribution in [3.05, 3.63) is 30.3 Å². The molecule has 1 unspecified atom stereocenters. The second-order valence-corrected chi connectivity index (χ2v) is 4.71. The fourth-order valence-electron chi connectivity index (χ4n) is 1.71. The van der Waals surface area contributed by atoms with Gasteiger partial charge in [0.15, 0.2) is 5.96 Å². The van der Waals surface area contributed by atoms with Crippen LogP contribution in [0.3, 0.4) is 0 Å². The largest absolute Gasteiger partial charge is 0.489 e. The molecular weight excluding hydrogens is 422 g/mol. The number of nitrogens with zero attached hydrogens (tertiary/aromatic N) is 1. The van der Waals surface area contributed by atoms with Gasteiger partial charge >= 0.3 is 6.18 Å². The van der Waals surface area contributed by atoms with Crippen LogP contribution < -0.4 is 15.4 Å². The topological polar surface area (TPSA) is 45.7 Å². The van der Waals surface area contributed by atoms with Crippen LogP contribution in [0.4, 0.5) is 13.2 Å². The van der Waals surface area contributed by atoms with E-state index in [0.29, 0.717) is 12.5 Å². The number of halogens is 4. The van der Waals surface area contributed by atoms with E-state index in [1.807, 2.05) is 37.3 Å². The molecule has 1 rings (SSSR count). The lowest BCUT2D eigenvalue weighted by Crippen LogP contribution is -2.43. The number of hydrogen-bond donors (Lipinski definition) is 2. The molecule has 1 aromatic carbocycles. The van der Waals surface area contributed by atoms with E-state index in [1.54, 1.807) is 0 Å². The van der Waals surface area contributed by atoms with Crippen molar-refractivity contribution in [2.24, 2.45) is 4.99 Å². The molecule has 0 aliphatic rings. The van der Waals surface area contributed by atoms with Crippen molar-refractivity contribution in [3.8, 4) is 5.75 Å². The van der Waals surface area contributed by atoms with E-state index in [9.17, 15) is 13.2 Å². The summed E-state index contributed by atoms with van der Waals surface area (Å²) in [6, 6.07) is 9.39. The van der Waals surface area contributed by atoms with Crippen LogP contribution in [0.25, 0.3) is 0 Å². The van der Waals surface area contributed by atoms with Crippen LogP contribution in [0, 0.1) is 0 Å². The summed E-state index contributed by atoms with van der Waals surface area (Å²) in [5, 5.41) is 5.61. The number of nitrogens with one attached hydrogen (secondary N) is 2. The van der Waals surface area contributed by atoms with E-state index in [0.717, 1.165) is 12.2 Å². The molecule has 0 saturated carbocycles. The molecule has 0 heterocycles. The normalized spacial score (nSPS) is 13.0. The van der Waals surface area contributed by atoms with Crippen LogP contribution in [-0.2, 0) is 0 Å². The maximum Gasteiger partial charge on any atom is 0.390 e. The van der Waals surface area contributed by atoms with Gasteiger partial charge in [-0.15, -0.1) is 24.0 Å². The molecule has 0 bridgehead atoms. The Kier molecular flexibility index (Phi) is 10.8. The van der Waals surface area contributed by atoms with Crippen LogP contribution >= 0.6 is 24.0 Å². The summed E-state index contributed by atoms with van der Waals surface area (Å²) in [7, 11) is 1.52. The first-order valence-corrected chi connectivity index (χ1v) is 7.17. The van der Waals surface area contributed by atoms with E-state index in [1.165, 1.54) is 7.05 Å². The fraction of sp³-hybridized carbons (Fsp3) is 0.533. The Morgan fingerprint density at radius 2 is 1.87 bits per heavy atom. The summed E-state index contributed by atoms with van der Waals surface area (Å²) in [5.74, 6) is 1.09. The molecule has 4 nitrogen and oxygen atoms in total. The van der Waals surface area contributed by atoms with E-state index in [2.05, 4.69) is 15.6 Å². The van der Waals surface area contributed by atoms with Gasteiger partial charge in [-0.1, -0.05) is 25.1 Å². The number of benzene rings is 1. The lowest BCUT2D eigenvalue weighted by atomic mass is 10.2. The predicted molar refractivity (Wildman–Crippen MR) is 96.6 cm³/mol. The van der Waals surface area contributed by atoms with E-state index >= 15 is 0 Å². The van der Waals surface area contributed by atoms with Crippen molar-refractivity contribution >= 4 is 29.9 Å². The van der Waals surface area contributed by atoms with E-state index < -0.39 is 12.6 Å². The van der Waals surface area contributed by atoms with Gasteiger partial charge in [0, 0.05) is 13.6 Å². The number of hydrogen-bond acceptors (Lipinski definition) is 2. The summed E-state index contributed by atoms with van der Waals surface area (Å²) < 4.78 is 42.1. The molecular formula is C15H23F3IN3O. The second kappa shape index (κ2) is 11.4. The van der Waals surface area contributed by atoms with Crippen LogP contribution in [-0.4, -0.2) is 38.4 Å². The standard InChI is InChI=1S/C15H22F3N3O.HI/c1-3-12(22-13-7-5-4-6-8-13)11-21-14(19-2)20-10-9-15(16,17)18;/h4-8,12H,3,9-11H2,1-2H3,(H2,19,20,21);1H. The molecule has 132 valence electrons. The Labute approximate surface area is 151 Å². The van der Waals surface area contributed by atoms with Crippen molar-refractivity contribution in [1.29, 1.82) is 0 Å². The van der Waals surface area contributed by atoms with Crippen LogP contribution in [0.1, 0.15) is 19.8 Å². The van der Waals surface area contributed by atoms with Gasteiger partial charge in [0.25, 0.3) is 0 Å². The lowest BCUT2D eigenvalue weighted by molar-refractivity contribution is -0.132. The first kappa shape index (κ1) is 21.8. The number of aliphatic imine (C=N–C) groups is 1.